The Hall–Kier alpha value is -1.72. The molecule has 6 heteroatoms. The second-order valence-corrected chi connectivity index (χ2v) is 7.21. The van der Waals surface area contributed by atoms with Crippen molar-refractivity contribution in [2.45, 2.75) is 40.3 Å². The highest BCUT2D eigenvalue weighted by molar-refractivity contribution is 6.32. The molecule has 1 aromatic carbocycles. The molecule has 1 atom stereocenters. The number of fused-ring (bicyclic) bond motifs is 1. The van der Waals surface area contributed by atoms with Gasteiger partial charge in [-0.2, -0.15) is 5.10 Å². The number of ether oxygens (including phenoxy) is 2. The lowest BCUT2D eigenvalue weighted by molar-refractivity contribution is 0.297. The molecule has 1 N–H and O–H groups in total. The van der Waals surface area contributed by atoms with Gasteiger partial charge < -0.3 is 14.8 Å². The van der Waals surface area contributed by atoms with E-state index in [0.717, 1.165) is 43.1 Å². The van der Waals surface area contributed by atoms with E-state index in [1.54, 1.807) is 0 Å². The Balaban J connectivity index is 1.54. The third kappa shape index (κ3) is 4.67. The van der Waals surface area contributed by atoms with E-state index in [4.69, 9.17) is 21.1 Å². The molecule has 136 valence electrons. The molecule has 2 aromatic rings. The van der Waals surface area contributed by atoms with E-state index in [0.29, 0.717) is 29.9 Å². The van der Waals surface area contributed by atoms with Gasteiger partial charge in [0.1, 0.15) is 0 Å². The summed E-state index contributed by atoms with van der Waals surface area (Å²) in [4.78, 5) is 0. The zero-order valence-electron chi connectivity index (χ0n) is 15.1. The van der Waals surface area contributed by atoms with Crippen molar-refractivity contribution >= 4 is 11.6 Å². The SMILES string of the molecule is Cc1cc(C)n(C[C@H](C)CNCc2cc(Cl)c3c(c2)OCCCO3)n1. The monoisotopic (exact) mass is 363 g/mol. The normalized spacial score (nSPS) is 15.0. The summed E-state index contributed by atoms with van der Waals surface area (Å²) in [6.45, 7) is 10.2. The van der Waals surface area contributed by atoms with Crippen LogP contribution in [0.2, 0.25) is 5.02 Å². The first-order valence-corrected chi connectivity index (χ1v) is 9.20. The molecule has 1 aliphatic heterocycles. The molecule has 1 aromatic heterocycles. The molecule has 2 heterocycles. The van der Waals surface area contributed by atoms with Crippen molar-refractivity contribution in [2.24, 2.45) is 5.92 Å². The maximum Gasteiger partial charge on any atom is 0.179 e. The zero-order valence-corrected chi connectivity index (χ0v) is 15.9. The number of nitrogens with zero attached hydrogens (tertiary/aromatic N) is 2. The van der Waals surface area contributed by atoms with Crippen molar-refractivity contribution in [1.29, 1.82) is 0 Å². The van der Waals surface area contributed by atoms with Crippen molar-refractivity contribution < 1.29 is 9.47 Å². The number of nitrogens with one attached hydrogen (secondary N) is 1. The van der Waals surface area contributed by atoms with Crippen LogP contribution in [0.1, 0.15) is 30.3 Å². The van der Waals surface area contributed by atoms with E-state index in [9.17, 15) is 0 Å². The van der Waals surface area contributed by atoms with E-state index in [2.05, 4.69) is 35.0 Å². The predicted octanol–water partition coefficient (Wildman–Crippen LogP) is 3.74. The number of hydrogen-bond donors (Lipinski definition) is 1. The van der Waals surface area contributed by atoms with Crippen LogP contribution in [0.3, 0.4) is 0 Å². The molecule has 0 unspecified atom stereocenters. The lowest BCUT2D eigenvalue weighted by Crippen LogP contribution is -2.24. The number of hydrogen-bond acceptors (Lipinski definition) is 4. The van der Waals surface area contributed by atoms with Crippen LogP contribution in [0.15, 0.2) is 18.2 Å². The molecule has 0 spiro atoms. The van der Waals surface area contributed by atoms with Crippen molar-refractivity contribution in [3.63, 3.8) is 0 Å². The highest BCUT2D eigenvalue weighted by Crippen LogP contribution is 2.37. The standard InChI is InChI=1S/C19H26ClN3O2/c1-13(12-23-15(3)7-14(2)22-23)10-21-11-16-8-17(20)19-18(9-16)24-5-4-6-25-19/h7-9,13,21H,4-6,10-12H2,1-3H3/t13-/m1/s1. The number of aromatic nitrogens is 2. The van der Waals surface area contributed by atoms with Gasteiger partial charge in [-0.25, -0.2) is 0 Å². The molecule has 0 fully saturated rings. The third-order valence-corrected chi connectivity index (χ3v) is 4.55. The third-order valence-electron chi connectivity index (χ3n) is 4.27. The lowest BCUT2D eigenvalue weighted by atomic mass is 10.1. The smallest absolute Gasteiger partial charge is 0.179 e. The summed E-state index contributed by atoms with van der Waals surface area (Å²) in [7, 11) is 0. The molecule has 0 radical (unpaired) electrons. The van der Waals surface area contributed by atoms with Gasteiger partial charge in [-0.1, -0.05) is 18.5 Å². The summed E-state index contributed by atoms with van der Waals surface area (Å²) in [6.07, 6.45) is 0.877. The highest BCUT2D eigenvalue weighted by Gasteiger charge is 2.15. The van der Waals surface area contributed by atoms with Crippen LogP contribution in [0.4, 0.5) is 0 Å². The topological polar surface area (TPSA) is 48.3 Å². The summed E-state index contributed by atoms with van der Waals surface area (Å²) >= 11 is 6.34. The fourth-order valence-electron chi connectivity index (χ4n) is 3.07. The van der Waals surface area contributed by atoms with Crippen molar-refractivity contribution in [3.8, 4) is 11.5 Å². The summed E-state index contributed by atoms with van der Waals surface area (Å²) in [5.41, 5.74) is 3.38. The minimum Gasteiger partial charge on any atom is -0.489 e. The van der Waals surface area contributed by atoms with Gasteiger partial charge in [0.2, 0.25) is 0 Å². The van der Waals surface area contributed by atoms with Gasteiger partial charge in [0.05, 0.1) is 23.9 Å². The Labute approximate surface area is 154 Å². The van der Waals surface area contributed by atoms with Gasteiger partial charge in [-0.05, 0) is 50.1 Å². The second-order valence-electron chi connectivity index (χ2n) is 6.80. The molecule has 0 saturated heterocycles. The number of rotatable bonds is 6. The van der Waals surface area contributed by atoms with Crippen LogP contribution in [0.5, 0.6) is 11.5 Å². The second kappa shape index (κ2) is 8.11. The maximum absolute atomic E-state index is 6.34. The predicted molar refractivity (Wildman–Crippen MR) is 99.6 cm³/mol. The van der Waals surface area contributed by atoms with Crippen molar-refractivity contribution in [2.75, 3.05) is 19.8 Å². The van der Waals surface area contributed by atoms with Crippen molar-refractivity contribution in [1.82, 2.24) is 15.1 Å². The molecular weight excluding hydrogens is 338 g/mol. The van der Waals surface area contributed by atoms with E-state index in [-0.39, 0.29) is 0 Å². The fraction of sp³-hybridized carbons (Fsp3) is 0.526. The van der Waals surface area contributed by atoms with Crippen LogP contribution in [0.25, 0.3) is 0 Å². The number of halogens is 1. The first-order chi connectivity index (χ1) is 12.0. The first kappa shape index (κ1) is 18.1. The summed E-state index contributed by atoms with van der Waals surface area (Å²) in [5, 5.41) is 8.65. The fourth-order valence-corrected chi connectivity index (χ4v) is 3.36. The average Bonchev–Trinajstić information content (AvgIpc) is 2.75. The van der Waals surface area contributed by atoms with E-state index < -0.39 is 0 Å². The molecular formula is C19H26ClN3O2. The molecule has 3 rings (SSSR count). The van der Waals surface area contributed by atoms with Gasteiger partial charge >= 0.3 is 0 Å². The molecule has 0 aliphatic carbocycles. The highest BCUT2D eigenvalue weighted by atomic mass is 35.5. The molecule has 1 aliphatic rings. The summed E-state index contributed by atoms with van der Waals surface area (Å²) < 4.78 is 13.5. The lowest BCUT2D eigenvalue weighted by Gasteiger charge is -2.15. The molecule has 0 saturated carbocycles. The van der Waals surface area contributed by atoms with Gasteiger partial charge in [-0.15, -0.1) is 0 Å². The quantitative estimate of drug-likeness (QED) is 0.849. The maximum atomic E-state index is 6.34. The molecule has 0 bridgehead atoms. The minimum atomic E-state index is 0.480. The van der Waals surface area contributed by atoms with Crippen LogP contribution >= 0.6 is 11.6 Å². The zero-order chi connectivity index (χ0) is 17.8. The number of aryl methyl sites for hydroxylation is 2. The van der Waals surface area contributed by atoms with Gasteiger partial charge in [0.25, 0.3) is 0 Å². The molecule has 0 amide bonds. The van der Waals surface area contributed by atoms with Crippen LogP contribution < -0.4 is 14.8 Å². The Bertz CT molecular complexity index is 730. The Morgan fingerprint density at radius 2 is 2.04 bits per heavy atom. The first-order valence-electron chi connectivity index (χ1n) is 8.82. The average molecular weight is 364 g/mol. The number of benzene rings is 1. The Morgan fingerprint density at radius 3 is 2.80 bits per heavy atom. The summed E-state index contributed by atoms with van der Waals surface area (Å²) in [5.74, 6) is 1.90. The van der Waals surface area contributed by atoms with Gasteiger partial charge in [0.15, 0.2) is 11.5 Å². The van der Waals surface area contributed by atoms with E-state index in [1.807, 2.05) is 19.1 Å². The van der Waals surface area contributed by atoms with Crippen LogP contribution in [0, 0.1) is 19.8 Å². The van der Waals surface area contributed by atoms with E-state index >= 15 is 0 Å². The van der Waals surface area contributed by atoms with E-state index in [1.165, 1.54) is 5.69 Å². The molecule has 5 nitrogen and oxygen atoms in total. The largest absolute Gasteiger partial charge is 0.489 e. The van der Waals surface area contributed by atoms with Gasteiger partial charge in [-0.3, -0.25) is 4.68 Å². The Morgan fingerprint density at radius 1 is 1.24 bits per heavy atom. The minimum absolute atomic E-state index is 0.480. The Kier molecular flexibility index (Phi) is 5.86. The van der Waals surface area contributed by atoms with Crippen molar-refractivity contribution in [3.05, 3.63) is 40.2 Å². The molecule has 25 heavy (non-hydrogen) atoms. The summed E-state index contributed by atoms with van der Waals surface area (Å²) in [6, 6.07) is 6.08. The van der Waals surface area contributed by atoms with Crippen LogP contribution in [-0.4, -0.2) is 29.5 Å². The van der Waals surface area contributed by atoms with Gasteiger partial charge in [0, 0.05) is 25.2 Å². The van der Waals surface area contributed by atoms with Crippen LogP contribution in [-0.2, 0) is 13.1 Å².